The molecule has 19 heavy (non-hydrogen) atoms. The van der Waals surface area contributed by atoms with Gasteiger partial charge >= 0.3 is 0 Å². The maximum atomic E-state index is 9.34. The normalized spacial score (nSPS) is 16.6. The van der Waals surface area contributed by atoms with Crippen LogP contribution in [0, 0.1) is 0 Å². The molecule has 0 saturated carbocycles. The first-order chi connectivity index (χ1) is 9.08. The molecule has 0 saturated heterocycles. The zero-order valence-electron chi connectivity index (χ0n) is 12.1. The fourth-order valence-corrected chi connectivity index (χ4v) is 2.47. The Morgan fingerprint density at radius 1 is 1.26 bits per heavy atom. The van der Waals surface area contributed by atoms with Gasteiger partial charge in [0.05, 0.1) is 6.10 Å². The molecule has 0 bridgehead atoms. The molecule has 1 aliphatic rings. The summed E-state index contributed by atoms with van der Waals surface area (Å²) in [6.07, 6.45) is 5.57. The topological polar surface area (TPSA) is 29.5 Å². The molecule has 1 atom stereocenters. The van der Waals surface area contributed by atoms with E-state index in [9.17, 15) is 5.11 Å². The Kier molecular flexibility index (Phi) is 4.65. The summed E-state index contributed by atoms with van der Waals surface area (Å²) in [5.41, 5.74) is 4.01. The van der Waals surface area contributed by atoms with E-state index in [-0.39, 0.29) is 0 Å². The third-order valence-corrected chi connectivity index (χ3v) is 3.52. The van der Waals surface area contributed by atoms with E-state index in [0.717, 1.165) is 5.75 Å². The summed E-state index contributed by atoms with van der Waals surface area (Å²) in [5.74, 6) is 1.32. The molecule has 0 amide bonds. The molecule has 1 unspecified atom stereocenters. The summed E-state index contributed by atoms with van der Waals surface area (Å²) in [6, 6.07) is 6.44. The summed E-state index contributed by atoms with van der Waals surface area (Å²) in [7, 11) is 0. The fourth-order valence-electron chi connectivity index (χ4n) is 2.47. The molecule has 0 heterocycles. The van der Waals surface area contributed by atoms with Gasteiger partial charge in [-0.25, -0.2) is 0 Å². The first kappa shape index (κ1) is 14.1. The zero-order valence-corrected chi connectivity index (χ0v) is 12.1. The Hall–Kier alpha value is -1.28. The van der Waals surface area contributed by atoms with Crippen molar-refractivity contribution in [1.82, 2.24) is 0 Å². The van der Waals surface area contributed by atoms with Gasteiger partial charge < -0.3 is 9.84 Å². The van der Waals surface area contributed by atoms with Crippen LogP contribution in [-0.2, 0) is 0 Å². The molecule has 2 heteroatoms. The minimum atomic E-state index is -0.433. The molecular formula is C17H24O2. The van der Waals surface area contributed by atoms with Gasteiger partial charge in [-0.15, -0.1) is 0 Å². The number of ether oxygens (including phenoxy) is 1. The second-order valence-electron chi connectivity index (χ2n) is 5.69. The van der Waals surface area contributed by atoms with Crippen LogP contribution < -0.4 is 4.74 Å². The van der Waals surface area contributed by atoms with Gasteiger partial charge in [0.15, 0.2) is 0 Å². The van der Waals surface area contributed by atoms with Crippen LogP contribution in [0.2, 0.25) is 0 Å². The number of hydrogen-bond donors (Lipinski definition) is 1. The van der Waals surface area contributed by atoms with Crippen LogP contribution in [0.15, 0.2) is 24.3 Å². The lowest BCUT2D eigenvalue weighted by atomic mass is 9.96. The maximum Gasteiger partial charge on any atom is 0.122 e. The SMILES string of the molecule is CC(O)COc1ccc(C2=CCCC2)cc1C(C)C. The molecule has 1 N–H and O–H groups in total. The molecule has 1 aliphatic carbocycles. The molecule has 1 aromatic rings. The number of allylic oxidation sites excluding steroid dienone is 2. The van der Waals surface area contributed by atoms with Crippen LogP contribution >= 0.6 is 0 Å². The molecule has 0 fully saturated rings. The van der Waals surface area contributed by atoms with Gasteiger partial charge in [-0.05, 0) is 60.9 Å². The van der Waals surface area contributed by atoms with E-state index in [1.165, 1.54) is 36.0 Å². The van der Waals surface area contributed by atoms with E-state index in [0.29, 0.717) is 12.5 Å². The van der Waals surface area contributed by atoms with E-state index < -0.39 is 6.10 Å². The van der Waals surface area contributed by atoms with Crippen molar-refractivity contribution in [2.45, 2.75) is 52.1 Å². The van der Waals surface area contributed by atoms with Crippen molar-refractivity contribution in [2.24, 2.45) is 0 Å². The molecule has 0 aliphatic heterocycles. The molecule has 104 valence electrons. The van der Waals surface area contributed by atoms with Gasteiger partial charge in [0.2, 0.25) is 0 Å². The standard InChI is InChI=1S/C17H24O2/c1-12(2)16-10-15(14-6-4-5-7-14)8-9-17(16)19-11-13(3)18/h6,8-10,12-13,18H,4-5,7,11H2,1-3H3. The van der Waals surface area contributed by atoms with E-state index in [1.807, 2.05) is 6.07 Å². The first-order valence-electron chi connectivity index (χ1n) is 7.22. The van der Waals surface area contributed by atoms with Crippen molar-refractivity contribution >= 4 is 5.57 Å². The van der Waals surface area contributed by atoms with Crippen molar-refractivity contribution < 1.29 is 9.84 Å². The number of aliphatic hydroxyl groups excluding tert-OH is 1. The summed E-state index contributed by atoms with van der Waals surface area (Å²) in [5, 5.41) is 9.34. The van der Waals surface area contributed by atoms with Gasteiger partial charge in [0.1, 0.15) is 12.4 Å². The minimum Gasteiger partial charge on any atom is -0.491 e. The van der Waals surface area contributed by atoms with Crippen molar-refractivity contribution in [3.8, 4) is 5.75 Å². The zero-order chi connectivity index (χ0) is 13.8. The summed E-state index contributed by atoms with van der Waals surface area (Å²) in [6.45, 7) is 6.45. The summed E-state index contributed by atoms with van der Waals surface area (Å²) >= 11 is 0. The van der Waals surface area contributed by atoms with Gasteiger partial charge in [-0.2, -0.15) is 0 Å². The third-order valence-electron chi connectivity index (χ3n) is 3.52. The largest absolute Gasteiger partial charge is 0.491 e. The smallest absolute Gasteiger partial charge is 0.122 e. The second-order valence-corrected chi connectivity index (χ2v) is 5.69. The Morgan fingerprint density at radius 3 is 2.63 bits per heavy atom. The van der Waals surface area contributed by atoms with Crippen LogP contribution in [0.3, 0.4) is 0 Å². The number of rotatable bonds is 5. The number of aliphatic hydroxyl groups is 1. The monoisotopic (exact) mass is 260 g/mol. The Bertz CT molecular complexity index is 458. The van der Waals surface area contributed by atoms with Gasteiger partial charge in [-0.3, -0.25) is 0 Å². The Balaban J connectivity index is 2.24. The maximum absolute atomic E-state index is 9.34. The Labute approximate surface area is 116 Å². The van der Waals surface area contributed by atoms with Gasteiger partial charge in [0.25, 0.3) is 0 Å². The molecular weight excluding hydrogens is 236 g/mol. The molecule has 2 rings (SSSR count). The van der Waals surface area contributed by atoms with Crippen LogP contribution in [0.5, 0.6) is 5.75 Å². The van der Waals surface area contributed by atoms with Crippen molar-refractivity contribution in [3.63, 3.8) is 0 Å². The quantitative estimate of drug-likeness (QED) is 0.862. The van der Waals surface area contributed by atoms with Gasteiger partial charge in [-0.1, -0.05) is 26.0 Å². The van der Waals surface area contributed by atoms with Crippen LogP contribution in [-0.4, -0.2) is 17.8 Å². The first-order valence-corrected chi connectivity index (χ1v) is 7.22. The highest BCUT2D eigenvalue weighted by Crippen LogP contribution is 2.33. The molecule has 0 aromatic heterocycles. The highest BCUT2D eigenvalue weighted by Gasteiger charge is 2.13. The van der Waals surface area contributed by atoms with Crippen LogP contribution in [0.25, 0.3) is 5.57 Å². The van der Waals surface area contributed by atoms with Gasteiger partial charge in [0, 0.05) is 0 Å². The lowest BCUT2D eigenvalue weighted by molar-refractivity contribution is 0.122. The minimum absolute atomic E-state index is 0.349. The van der Waals surface area contributed by atoms with E-state index in [1.54, 1.807) is 6.92 Å². The summed E-state index contributed by atoms with van der Waals surface area (Å²) in [4.78, 5) is 0. The lowest BCUT2D eigenvalue weighted by Gasteiger charge is -2.17. The third kappa shape index (κ3) is 3.60. The Morgan fingerprint density at radius 2 is 2.05 bits per heavy atom. The second kappa shape index (κ2) is 6.25. The van der Waals surface area contributed by atoms with Crippen molar-refractivity contribution in [3.05, 3.63) is 35.4 Å². The average Bonchev–Trinajstić information content (AvgIpc) is 2.89. The predicted octanol–water partition coefficient (Wildman–Crippen LogP) is 4.14. The van der Waals surface area contributed by atoms with E-state index >= 15 is 0 Å². The molecule has 0 radical (unpaired) electrons. The molecule has 2 nitrogen and oxygen atoms in total. The predicted molar refractivity (Wildman–Crippen MR) is 79.5 cm³/mol. The molecule has 0 spiro atoms. The number of hydrogen-bond acceptors (Lipinski definition) is 2. The average molecular weight is 260 g/mol. The molecule has 1 aromatic carbocycles. The van der Waals surface area contributed by atoms with Crippen LogP contribution in [0.1, 0.15) is 57.1 Å². The highest BCUT2D eigenvalue weighted by molar-refractivity contribution is 5.68. The highest BCUT2D eigenvalue weighted by atomic mass is 16.5. The fraction of sp³-hybridized carbons (Fsp3) is 0.529. The van der Waals surface area contributed by atoms with Crippen LogP contribution in [0.4, 0.5) is 0 Å². The van der Waals surface area contributed by atoms with Crippen molar-refractivity contribution in [2.75, 3.05) is 6.61 Å². The van der Waals surface area contributed by atoms with E-state index in [4.69, 9.17) is 4.74 Å². The lowest BCUT2D eigenvalue weighted by Crippen LogP contribution is -2.14. The summed E-state index contributed by atoms with van der Waals surface area (Å²) < 4.78 is 5.71. The van der Waals surface area contributed by atoms with E-state index in [2.05, 4.69) is 32.1 Å². The number of benzene rings is 1. The van der Waals surface area contributed by atoms with Crippen molar-refractivity contribution in [1.29, 1.82) is 0 Å².